The molecule has 7 heteroatoms. The number of aryl methyl sites for hydroxylation is 3. The molecular formula is C24H28N2O4S. The first kappa shape index (κ1) is 21.6. The summed E-state index contributed by atoms with van der Waals surface area (Å²) < 4.78 is 33.2. The highest BCUT2D eigenvalue weighted by molar-refractivity contribution is 7.89. The molecule has 0 radical (unpaired) electrons. The van der Waals surface area contributed by atoms with Gasteiger partial charge in [0.05, 0.1) is 4.90 Å². The monoisotopic (exact) mass is 440 g/mol. The molecule has 6 nitrogen and oxygen atoms in total. The number of furan rings is 1. The molecule has 1 unspecified atom stereocenters. The van der Waals surface area contributed by atoms with Crippen LogP contribution in [0.4, 0.5) is 5.69 Å². The van der Waals surface area contributed by atoms with Crippen LogP contribution in [-0.2, 0) is 10.0 Å². The third-order valence-electron chi connectivity index (χ3n) is 6.13. The summed E-state index contributed by atoms with van der Waals surface area (Å²) in [5, 5.41) is 3.74. The molecule has 2 aromatic carbocycles. The van der Waals surface area contributed by atoms with E-state index < -0.39 is 10.0 Å². The normalized spacial score (nSPS) is 17.7. The van der Waals surface area contributed by atoms with Gasteiger partial charge in [-0.05, 0) is 87.1 Å². The quantitative estimate of drug-likeness (QED) is 0.617. The van der Waals surface area contributed by atoms with Crippen LogP contribution in [-0.4, -0.2) is 31.7 Å². The molecule has 31 heavy (non-hydrogen) atoms. The lowest BCUT2D eigenvalue weighted by Gasteiger charge is -2.30. The van der Waals surface area contributed by atoms with Gasteiger partial charge in [-0.2, -0.15) is 4.31 Å². The van der Waals surface area contributed by atoms with Gasteiger partial charge in [-0.15, -0.1) is 0 Å². The van der Waals surface area contributed by atoms with Crippen molar-refractivity contribution in [1.82, 2.24) is 4.31 Å². The Kier molecular flexibility index (Phi) is 5.66. The lowest BCUT2D eigenvalue weighted by atomic mass is 10.0. The second kappa shape index (κ2) is 8.13. The van der Waals surface area contributed by atoms with E-state index >= 15 is 0 Å². The average molecular weight is 441 g/mol. The third-order valence-corrected chi connectivity index (χ3v) is 8.01. The SMILES string of the molecule is Cc1cc2oc(C(=O)Nc3ccc(S(=O)(=O)N4CCCC(C)C4)cc3)c(C)c2cc1C. The number of benzene rings is 2. The van der Waals surface area contributed by atoms with Crippen molar-refractivity contribution in [2.24, 2.45) is 5.92 Å². The van der Waals surface area contributed by atoms with E-state index in [4.69, 9.17) is 4.42 Å². The highest BCUT2D eigenvalue weighted by atomic mass is 32.2. The van der Waals surface area contributed by atoms with E-state index in [1.165, 1.54) is 0 Å². The Morgan fingerprint density at radius 3 is 2.45 bits per heavy atom. The Bertz CT molecular complexity index is 1240. The molecule has 1 N–H and O–H groups in total. The van der Waals surface area contributed by atoms with E-state index in [1.54, 1.807) is 28.6 Å². The van der Waals surface area contributed by atoms with Crippen molar-refractivity contribution in [3.8, 4) is 0 Å². The number of carbonyl (C=O) groups excluding carboxylic acids is 1. The number of nitrogens with zero attached hydrogens (tertiary/aromatic N) is 1. The molecule has 1 aliphatic rings. The summed E-state index contributed by atoms with van der Waals surface area (Å²) in [6.45, 7) is 9.07. The smallest absolute Gasteiger partial charge is 0.291 e. The second-order valence-corrected chi connectivity index (χ2v) is 10.5. The van der Waals surface area contributed by atoms with Gasteiger partial charge in [-0.25, -0.2) is 8.42 Å². The van der Waals surface area contributed by atoms with Gasteiger partial charge >= 0.3 is 0 Å². The number of piperidine rings is 1. The lowest BCUT2D eigenvalue weighted by Crippen LogP contribution is -2.39. The summed E-state index contributed by atoms with van der Waals surface area (Å²) in [7, 11) is -3.52. The average Bonchev–Trinajstić information content (AvgIpc) is 3.04. The van der Waals surface area contributed by atoms with Gasteiger partial charge in [0.25, 0.3) is 5.91 Å². The van der Waals surface area contributed by atoms with Crippen molar-refractivity contribution in [2.75, 3.05) is 18.4 Å². The Balaban J connectivity index is 1.53. The largest absolute Gasteiger partial charge is 0.451 e. The molecule has 1 atom stereocenters. The number of sulfonamides is 1. The van der Waals surface area contributed by atoms with Crippen LogP contribution >= 0.6 is 0 Å². The fourth-order valence-corrected chi connectivity index (χ4v) is 5.70. The molecule has 3 aromatic rings. The molecule has 0 spiro atoms. The number of nitrogens with one attached hydrogen (secondary N) is 1. The molecular weight excluding hydrogens is 412 g/mol. The van der Waals surface area contributed by atoms with Crippen LogP contribution in [0.25, 0.3) is 11.0 Å². The van der Waals surface area contributed by atoms with Gasteiger partial charge in [-0.3, -0.25) is 4.79 Å². The van der Waals surface area contributed by atoms with Gasteiger partial charge in [0.1, 0.15) is 5.58 Å². The number of rotatable bonds is 4. The van der Waals surface area contributed by atoms with Crippen molar-refractivity contribution >= 4 is 32.6 Å². The van der Waals surface area contributed by atoms with Crippen LogP contribution in [0.2, 0.25) is 0 Å². The number of anilines is 1. The van der Waals surface area contributed by atoms with Crippen molar-refractivity contribution < 1.29 is 17.6 Å². The minimum atomic E-state index is -3.52. The first-order valence-electron chi connectivity index (χ1n) is 10.6. The summed E-state index contributed by atoms with van der Waals surface area (Å²) in [4.78, 5) is 13.0. The van der Waals surface area contributed by atoms with Crippen molar-refractivity contribution in [3.05, 3.63) is 58.8 Å². The summed E-state index contributed by atoms with van der Waals surface area (Å²) >= 11 is 0. The molecule has 1 aliphatic heterocycles. The Morgan fingerprint density at radius 2 is 1.77 bits per heavy atom. The van der Waals surface area contributed by atoms with Crippen LogP contribution in [0, 0.1) is 26.7 Å². The number of amides is 1. The summed E-state index contributed by atoms with van der Waals surface area (Å²) in [6, 6.07) is 10.3. The highest BCUT2D eigenvalue weighted by Gasteiger charge is 2.28. The molecule has 0 saturated carbocycles. The first-order chi connectivity index (χ1) is 14.7. The summed E-state index contributed by atoms with van der Waals surface area (Å²) in [6.07, 6.45) is 1.93. The maximum atomic E-state index is 12.9. The Labute approximate surface area is 183 Å². The molecule has 1 amide bonds. The number of fused-ring (bicyclic) bond motifs is 1. The van der Waals surface area contributed by atoms with E-state index in [-0.39, 0.29) is 16.6 Å². The molecule has 164 valence electrons. The highest BCUT2D eigenvalue weighted by Crippen LogP contribution is 2.29. The van der Waals surface area contributed by atoms with E-state index in [2.05, 4.69) is 12.2 Å². The van der Waals surface area contributed by atoms with Gasteiger partial charge in [0.15, 0.2) is 5.76 Å². The molecule has 0 bridgehead atoms. The van der Waals surface area contributed by atoms with Gasteiger partial charge in [-0.1, -0.05) is 6.92 Å². The van der Waals surface area contributed by atoms with Crippen molar-refractivity contribution in [3.63, 3.8) is 0 Å². The standard InChI is InChI=1S/C24H28N2O4S/c1-15-6-5-11-26(14-15)31(28,29)20-9-7-19(8-10-20)25-24(27)23-18(4)21-12-16(2)17(3)13-22(21)30-23/h7-10,12-13,15H,5-6,11,14H2,1-4H3,(H,25,27). The fourth-order valence-electron chi connectivity index (χ4n) is 4.10. The predicted octanol–water partition coefficient (Wildman–Crippen LogP) is 5.03. The molecule has 1 aromatic heterocycles. The van der Waals surface area contributed by atoms with Crippen molar-refractivity contribution in [2.45, 2.75) is 45.4 Å². The van der Waals surface area contributed by atoms with Crippen LogP contribution in [0.15, 0.2) is 45.7 Å². The molecule has 0 aliphatic carbocycles. The zero-order chi connectivity index (χ0) is 22.3. The zero-order valence-corrected chi connectivity index (χ0v) is 19.2. The Morgan fingerprint density at radius 1 is 1.10 bits per heavy atom. The topological polar surface area (TPSA) is 79.6 Å². The van der Waals surface area contributed by atoms with Crippen LogP contribution in [0.3, 0.4) is 0 Å². The van der Waals surface area contributed by atoms with Gasteiger partial charge < -0.3 is 9.73 Å². The van der Waals surface area contributed by atoms with Gasteiger partial charge in [0, 0.05) is 29.7 Å². The van der Waals surface area contributed by atoms with E-state index in [0.29, 0.717) is 30.3 Å². The van der Waals surface area contributed by atoms with Crippen LogP contribution in [0.5, 0.6) is 0 Å². The minimum absolute atomic E-state index is 0.241. The summed E-state index contributed by atoms with van der Waals surface area (Å²) in [5.41, 5.74) is 4.23. The van der Waals surface area contributed by atoms with E-state index in [0.717, 1.165) is 34.9 Å². The third kappa shape index (κ3) is 4.12. The minimum Gasteiger partial charge on any atom is -0.451 e. The summed E-state index contributed by atoms with van der Waals surface area (Å²) in [5.74, 6) is 0.269. The van der Waals surface area contributed by atoms with E-state index in [9.17, 15) is 13.2 Å². The van der Waals surface area contributed by atoms with E-state index in [1.807, 2.05) is 32.9 Å². The maximum Gasteiger partial charge on any atom is 0.291 e. The Hall–Kier alpha value is -2.64. The number of carbonyl (C=O) groups is 1. The molecule has 1 fully saturated rings. The van der Waals surface area contributed by atoms with Crippen LogP contribution < -0.4 is 5.32 Å². The van der Waals surface area contributed by atoms with Gasteiger partial charge in [0.2, 0.25) is 10.0 Å². The van der Waals surface area contributed by atoms with Crippen LogP contribution in [0.1, 0.15) is 47.0 Å². The number of hydrogen-bond acceptors (Lipinski definition) is 4. The fraction of sp³-hybridized carbons (Fsp3) is 0.375. The molecule has 4 rings (SSSR count). The second-order valence-electron chi connectivity index (χ2n) is 8.58. The lowest BCUT2D eigenvalue weighted by molar-refractivity contribution is 0.0998. The number of hydrogen-bond donors (Lipinski definition) is 1. The van der Waals surface area contributed by atoms with Crippen molar-refractivity contribution in [1.29, 1.82) is 0 Å². The zero-order valence-electron chi connectivity index (χ0n) is 18.4. The molecule has 2 heterocycles. The molecule has 1 saturated heterocycles. The maximum absolute atomic E-state index is 12.9. The predicted molar refractivity (Wildman–Crippen MR) is 122 cm³/mol. The first-order valence-corrected chi connectivity index (χ1v) is 12.0.